The zero-order valence-corrected chi connectivity index (χ0v) is 8.61. The minimum absolute atomic E-state index is 0.131. The molecule has 0 aromatic heterocycles. The number of rotatable bonds is 0. The Hall–Kier alpha value is -1.31. The molecule has 2 atom stereocenters. The third-order valence-corrected chi connectivity index (χ3v) is 3.54. The molecular formula is C13H14O2. The van der Waals surface area contributed by atoms with Crippen molar-refractivity contribution in [2.24, 2.45) is 0 Å². The summed E-state index contributed by atoms with van der Waals surface area (Å²) in [5, 5.41) is 0. The molecule has 0 radical (unpaired) electrons. The van der Waals surface area contributed by atoms with Crippen molar-refractivity contribution in [3.63, 3.8) is 0 Å². The zero-order chi connectivity index (χ0) is 10.3. The Bertz CT molecular complexity index is 397. The van der Waals surface area contributed by atoms with Crippen LogP contribution in [0.4, 0.5) is 0 Å². The molecule has 3 rings (SSSR count). The van der Waals surface area contributed by atoms with E-state index in [1.165, 1.54) is 18.4 Å². The molecule has 15 heavy (non-hydrogen) atoms. The van der Waals surface area contributed by atoms with Gasteiger partial charge in [-0.05, 0) is 30.9 Å². The summed E-state index contributed by atoms with van der Waals surface area (Å²) in [5.41, 5.74) is 1.99. The fourth-order valence-electron chi connectivity index (χ4n) is 2.80. The van der Waals surface area contributed by atoms with Gasteiger partial charge < -0.3 is 4.74 Å². The molecule has 2 unspecified atom stereocenters. The van der Waals surface area contributed by atoms with Gasteiger partial charge in [0.05, 0.1) is 5.56 Å². The monoisotopic (exact) mass is 202 g/mol. The third kappa shape index (κ3) is 1.36. The number of ether oxygens (including phenoxy) is 1. The molecule has 1 fully saturated rings. The Morgan fingerprint density at radius 2 is 1.93 bits per heavy atom. The maximum absolute atomic E-state index is 11.7. The summed E-state index contributed by atoms with van der Waals surface area (Å²) in [6, 6.07) is 7.88. The van der Waals surface area contributed by atoms with Crippen molar-refractivity contribution in [1.29, 1.82) is 0 Å². The highest BCUT2D eigenvalue weighted by Gasteiger charge is 2.36. The lowest BCUT2D eigenvalue weighted by Crippen LogP contribution is -2.34. The third-order valence-electron chi connectivity index (χ3n) is 3.54. The molecule has 1 aromatic carbocycles. The van der Waals surface area contributed by atoms with Crippen LogP contribution in [0, 0.1) is 0 Å². The number of carbonyl (C=O) groups excluding carboxylic acids is 1. The average molecular weight is 202 g/mol. The van der Waals surface area contributed by atoms with Crippen molar-refractivity contribution in [3.8, 4) is 0 Å². The van der Waals surface area contributed by atoms with E-state index in [9.17, 15) is 4.79 Å². The molecule has 2 aliphatic rings. The lowest BCUT2D eigenvalue weighted by atomic mass is 9.78. The molecule has 0 spiro atoms. The number of esters is 1. The van der Waals surface area contributed by atoms with E-state index in [-0.39, 0.29) is 12.1 Å². The van der Waals surface area contributed by atoms with Gasteiger partial charge in [-0.3, -0.25) is 0 Å². The van der Waals surface area contributed by atoms with Crippen LogP contribution in [0.3, 0.4) is 0 Å². The van der Waals surface area contributed by atoms with Gasteiger partial charge in [0.15, 0.2) is 0 Å². The van der Waals surface area contributed by atoms with Crippen LogP contribution in [0.25, 0.3) is 0 Å². The molecule has 1 aliphatic heterocycles. The van der Waals surface area contributed by atoms with Gasteiger partial charge in [-0.1, -0.05) is 24.6 Å². The summed E-state index contributed by atoms with van der Waals surface area (Å²) in [7, 11) is 0. The fourth-order valence-corrected chi connectivity index (χ4v) is 2.80. The van der Waals surface area contributed by atoms with Crippen molar-refractivity contribution in [3.05, 3.63) is 35.4 Å². The molecule has 1 heterocycles. The zero-order valence-electron chi connectivity index (χ0n) is 8.61. The lowest BCUT2D eigenvalue weighted by molar-refractivity contribution is 0.00770. The van der Waals surface area contributed by atoms with Crippen LogP contribution >= 0.6 is 0 Å². The highest BCUT2D eigenvalue weighted by Crippen LogP contribution is 2.40. The smallest absolute Gasteiger partial charge is 0.338 e. The predicted octanol–water partition coefficient (Wildman–Crippen LogP) is 2.88. The maximum atomic E-state index is 11.7. The van der Waals surface area contributed by atoms with E-state index < -0.39 is 0 Å². The minimum Gasteiger partial charge on any atom is -0.458 e. The van der Waals surface area contributed by atoms with Crippen LogP contribution < -0.4 is 0 Å². The van der Waals surface area contributed by atoms with Gasteiger partial charge in [-0.25, -0.2) is 4.79 Å². The van der Waals surface area contributed by atoms with Crippen molar-refractivity contribution in [1.82, 2.24) is 0 Å². The molecule has 2 heteroatoms. The van der Waals surface area contributed by atoms with Crippen LogP contribution in [0.15, 0.2) is 24.3 Å². The Balaban J connectivity index is 2.07. The second-order valence-corrected chi connectivity index (χ2v) is 4.42. The molecule has 0 N–H and O–H groups in total. The van der Waals surface area contributed by atoms with Crippen LogP contribution in [-0.2, 0) is 4.74 Å². The van der Waals surface area contributed by atoms with Gasteiger partial charge in [0, 0.05) is 5.92 Å². The van der Waals surface area contributed by atoms with Gasteiger partial charge in [-0.2, -0.15) is 0 Å². The molecule has 78 valence electrons. The Morgan fingerprint density at radius 1 is 1.13 bits per heavy atom. The van der Waals surface area contributed by atoms with Crippen LogP contribution in [-0.4, -0.2) is 12.1 Å². The standard InChI is InChI=1S/C13H14O2/c14-13-11-7-2-1-5-9(11)10-6-3-4-8-12(10)15-13/h1-2,5,7,10,12H,3-4,6,8H2. The van der Waals surface area contributed by atoms with Crippen molar-refractivity contribution in [2.45, 2.75) is 37.7 Å². The minimum atomic E-state index is -0.131. The average Bonchev–Trinajstić information content (AvgIpc) is 2.30. The SMILES string of the molecule is O=C1OC2CCCCC2c2ccccc21. The second kappa shape index (κ2) is 3.37. The fraction of sp³-hybridized carbons (Fsp3) is 0.462. The first kappa shape index (κ1) is 8.96. The summed E-state index contributed by atoms with van der Waals surface area (Å²) in [5.74, 6) is 0.321. The van der Waals surface area contributed by atoms with Crippen molar-refractivity contribution >= 4 is 5.97 Å². The van der Waals surface area contributed by atoms with E-state index in [0.717, 1.165) is 18.4 Å². The van der Waals surface area contributed by atoms with Crippen molar-refractivity contribution < 1.29 is 9.53 Å². The van der Waals surface area contributed by atoms with E-state index in [4.69, 9.17) is 4.74 Å². The van der Waals surface area contributed by atoms with Gasteiger partial charge in [0.1, 0.15) is 6.10 Å². The van der Waals surface area contributed by atoms with Crippen LogP contribution in [0.1, 0.15) is 47.5 Å². The number of fused-ring (bicyclic) bond motifs is 3. The molecule has 0 saturated heterocycles. The van der Waals surface area contributed by atoms with E-state index in [2.05, 4.69) is 6.07 Å². The Morgan fingerprint density at radius 3 is 2.87 bits per heavy atom. The van der Waals surface area contributed by atoms with Gasteiger partial charge in [-0.15, -0.1) is 0 Å². The first-order valence-corrected chi connectivity index (χ1v) is 5.66. The second-order valence-electron chi connectivity index (χ2n) is 4.42. The molecule has 0 amide bonds. The van der Waals surface area contributed by atoms with Crippen LogP contribution in [0.5, 0.6) is 0 Å². The van der Waals surface area contributed by atoms with E-state index in [1.807, 2.05) is 18.2 Å². The van der Waals surface area contributed by atoms with Gasteiger partial charge >= 0.3 is 5.97 Å². The number of hydrogen-bond acceptors (Lipinski definition) is 2. The van der Waals surface area contributed by atoms with E-state index >= 15 is 0 Å². The first-order valence-electron chi connectivity index (χ1n) is 5.66. The first-order chi connectivity index (χ1) is 7.36. The summed E-state index contributed by atoms with van der Waals surface area (Å²) in [4.78, 5) is 11.7. The van der Waals surface area contributed by atoms with E-state index in [1.54, 1.807) is 0 Å². The molecule has 1 saturated carbocycles. The lowest BCUT2D eigenvalue weighted by Gasteiger charge is -2.36. The summed E-state index contributed by atoms with van der Waals surface area (Å²) in [6.07, 6.45) is 4.78. The Kier molecular flexibility index (Phi) is 2.01. The molecule has 1 aromatic rings. The topological polar surface area (TPSA) is 26.3 Å². The molecular weight excluding hydrogens is 188 g/mol. The highest BCUT2D eigenvalue weighted by molar-refractivity contribution is 5.92. The van der Waals surface area contributed by atoms with Crippen LogP contribution in [0.2, 0.25) is 0 Å². The number of benzene rings is 1. The van der Waals surface area contributed by atoms with Gasteiger partial charge in [0.25, 0.3) is 0 Å². The summed E-state index contributed by atoms with van der Waals surface area (Å²) >= 11 is 0. The van der Waals surface area contributed by atoms with Gasteiger partial charge in [0.2, 0.25) is 0 Å². The number of hydrogen-bond donors (Lipinski definition) is 0. The quantitative estimate of drug-likeness (QED) is 0.605. The van der Waals surface area contributed by atoms with E-state index in [0.29, 0.717) is 5.92 Å². The maximum Gasteiger partial charge on any atom is 0.338 e. The highest BCUT2D eigenvalue weighted by atomic mass is 16.5. The molecule has 1 aliphatic carbocycles. The summed E-state index contributed by atoms with van der Waals surface area (Å²) < 4.78 is 5.48. The number of carbonyl (C=O) groups is 1. The molecule has 2 nitrogen and oxygen atoms in total. The Labute approximate surface area is 89.2 Å². The molecule has 0 bridgehead atoms. The van der Waals surface area contributed by atoms with Crippen molar-refractivity contribution in [2.75, 3.05) is 0 Å². The largest absolute Gasteiger partial charge is 0.458 e. The predicted molar refractivity (Wildman–Crippen MR) is 56.9 cm³/mol. The normalized spacial score (nSPS) is 28.9. The summed E-state index contributed by atoms with van der Waals surface area (Å²) in [6.45, 7) is 0.